The molecule has 0 bridgehead atoms. The van der Waals surface area contributed by atoms with Crippen molar-refractivity contribution < 1.29 is 14.5 Å². The molecule has 23 heavy (non-hydrogen) atoms. The number of nitrogens with two attached hydrogens (primary N) is 1. The second kappa shape index (κ2) is 6.69. The summed E-state index contributed by atoms with van der Waals surface area (Å²) in [5.74, 6) is -1.45. The molecule has 0 fully saturated rings. The maximum atomic E-state index is 11.9. The van der Waals surface area contributed by atoms with Gasteiger partial charge in [0.2, 0.25) is 11.6 Å². The summed E-state index contributed by atoms with van der Waals surface area (Å²) < 4.78 is 1.01. The maximum Gasteiger partial charge on any atom is 0.320 e. The summed E-state index contributed by atoms with van der Waals surface area (Å²) in [6.45, 7) is 1.75. The van der Waals surface area contributed by atoms with Gasteiger partial charge in [0.1, 0.15) is 12.7 Å². The third-order valence-corrected chi connectivity index (χ3v) is 3.12. The number of hydrogen-bond acceptors (Lipinski definition) is 5. The zero-order valence-corrected chi connectivity index (χ0v) is 12.4. The molecule has 0 aliphatic rings. The molecule has 2 rings (SSSR count). The summed E-state index contributed by atoms with van der Waals surface area (Å²) in [5, 5.41) is 17.1. The van der Waals surface area contributed by atoms with Crippen LogP contribution in [0.4, 0.5) is 11.4 Å². The lowest BCUT2D eigenvalue weighted by Crippen LogP contribution is -2.20. The molecule has 120 valence electrons. The number of aromatic nitrogens is 2. The fraction of sp³-hybridized carbons (Fsp3) is 0.214. The van der Waals surface area contributed by atoms with Crippen molar-refractivity contribution in [3.8, 4) is 0 Å². The van der Waals surface area contributed by atoms with Crippen molar-refractivity contribution in [1.82, 2.24) is 9.78 Å². The van der Waals surface area contributed by atoms with Gasteiger partial charge in [-0.2, -0.15) is 5.10 Å². The first-order valence-electron chi connectivity index (χ1n) is 6.81. The second-order valence-electron chi connectivity index (χ2n) is 4.78. The van der Waals surface area contributed by atoms with E-state index in [0.29, 0.717) is 5.69 Å². The second-order valence-corrected chi connectivity index (χ2v) is 4.78. The summed E-state index contributed by atoms with van der Waals surface area (Å²) in [4.78, 5) is 33.1. The van der Waals surface area contributed by atoms with Crippen LogP contribution in [-0.2, 0) is 17.8 Å². The number of anilines is 1. The Hall–Kier alpha value is -3.23. The molecule has 0 aliphatic carbocycles. The summed E-state index contributed by atoms with van der Waals surface area (Å²) >= 11 is 0. The molecule has 0 spiro atoms. The first-order valence-corrected chi connectivity index (χ1v) is 6.81. The van der Waals surface area contributed by atoms with E-state index in [0.717, 1.165) is 22.9 Å². The molecule has 1 heterocycles. The fourth-order valence-corrected chi connectivity index (χ4v) is 1.97. The molecule has 1 aromatic carbocycles. The van der Waals surface area contributed by atoms with Crippen LogP contribution in [0.15, 0.2) is 30.5 Å². The Bertz CT molecular complexity index is 720. The van der Waals surface area contributed by atoms with Crippen LogP contribution in [0.3, 0.4) is 0 Å². The smallest absolute Gasteiger partial charge is 0.320 e. The van der Waals surface area contributed by atoms with Gasteiger partial charge in [-0.3, -0.25) is 24.4 Å². The number of nitro groups is 1. The summed E-state index contributed by atoms with van der Waals surface area (Å²) in [5.41, 5.74) is 5.76. The number of hydrogen-bond donors (Lipinski definition) is 2. The lowest BCUT2D eigenvalue weighted by molar-refractivity contribution is -0.385. The molecule has 0 atom stereocenters. The number of aryl methyl sites for hydroxylation is 1. The van der Waals surface area contributed by atoms with Gasteiger partial charge >= 0.3 is 5.69 Å². The van der Waals surface area contributed by atoms with Crippen molar-refractivity contribution in [2.24, 2.45) is 5.73 Å². The van der Waals surface area contributed by atoms with Gasteiger partial charge in [-0.1, -0.05) is 19.1 Å². The van der Waals surface area contributed by atoms with E-state index in [1.165, 1.54) is 0 Å². The van der Waals surface area contributed by atoms with Crippen molar-refractivity contribution in [1.29, 1.82) is 0 Å². The Balaban J connectivity index is 2.09. The average Bonchev–Trinajstić information content (AvgIpc) is 2.92. The predicted molar refractivity (Wildman–Crippen MR) is 81.8 cm³/mol. The zero-order chi connectivity index (χ0) is 17.0. The summed E-state index contributed by atoms with van der Waals surface area (Å²) in [7, 11) is 0. The molecule has 9 nitrogen and oxygen atoms in total. The number of benzene rings is 1. The van der Waals surface area contributed by atoms with E-state index in [9.17, 15) is 19.7 Å². The lowest BCUT2D eigenvalue weighted by atomic mass is 10.1. The normalized spacial score (nSPS) is 10.3. The molecular formula is C14H15N5O4. The van der Waals surface area contributed by atoms with Crippen LogP contribution in [-0.4, -0.2) is 26.5 Å². The van der Waals surface area contributed by atoms with E-state index in [4.69, 9.17) is 5.73 Å². The number of rotatable bonds is 6. The fourth-order valence-electron chi connectivity index (χ4n) is 1.97. The number of nitrogens with zero attached hydrogens (tertiary/aromatic N) is 3. The van der Waals surface area contributed by atoms with Crippen LogP contribution in [0, 0.1) is 10.1 Å². The van der Waals surface area contributed by atoms with E-state index in [1.807, 2.05) is 19.1 Å². The molecular weight excluding hydrogens is 302 g/mol. The summed E-state index contributed by atoms with van der Waals surface area (Å²) in [6, 6.07) is 7.30. The van der Waals surface area contributed by atoms with Crippen LogP contribution in [0.2, 0.25) is 0 Å². The highest BCUT2D eigenvalue weighted by Gasteiger charge is 2.24. The Labute approximate surface area is 131 Å². The SMILES string of the molecule is CCc1ccc(NC(=O)Cn2cc([N+](=O)[O-])c(C(N)=O)n2)cc1. The van der Waals surface area contributed by atoms with Gasteiger partial charge in [0.05, 0.1) is 4.92 Å². The molecule has 0 unspecified atom stereocenters. The number of nitrogens with one attached hydrogen (secondary N) is 1. The highest BCUT2D eigenvalue weighted by atomic mass is 16.6. The van der Waals surface area contributed by atoms with Gasteiger partial charge in [-0.15, -0.1) is 0 Å². The van der Waals surface area contributed by atoms with Gasteiger partial charge < -0.3 is 11.1 Å². The average molecular weight is 317 g/mol. The molecule has 2 amide bonds. The van der Waals surface area contributed by atoms with Gasteiger partial charge in [0, 0.05) is 5.69 Å². The van der Waals surface area contributed by atoms with Crippen LogP contribution in [0.5, 0.6) is 0 Å². The van der Waals surface area contributed by atoms with E-state index < -0.39 is 28.1 Å². The number of carbonyl (C=O) groups excluding carboxylic acids is 2. The van der Waals surface area contributed by atoms with Crippen LogP contribution >= 0.6 is 0 Å². The standard InChI is InChI=1S/C14H15N5O4/c1-2-9-3-5-10(6-4-9)16-12(20)8-18-7-11(19(22)23)13(17-18)14(15)21/h3-7H,2,8H2,1H3,(H2,15,21)(H,16,20). The van der Waals surface area contributed by atoms with Crippen molar-refractivity contribution in [3.05, 3.63) is 51.8 Å². The largest absolute Gasteiger partial charge is 0.364 e. The van der Waals surface area contributed by atoms with Crippen LogP contribution in [0.25, 0.3) is 0 Å². The Morgan fingerprint density at radius 1 is 1.35 bits per heavy atom. The van der Waals surface area contributed by atoms with E-state index in [1.54, 1.807) is 12.1 Å². The Morgan fingerprint density at radius 3 is 2.48 bits per heavy atom. The van der Waals surface area contributed by atoms with Crippen molar-refractivity contribution in [2.45, 2.75) is 19.9 Å². The molecule has 0 saturated heterocycles. The van der Waals surface area contributed by atoms with Crippen LogP contribution in [0.1, 0.15) is 23.0 Å². The highest BCUT2D eigenvalue weighted by Crippen LogP contribution is 2.16. The molecule has 1 aromatic heterocycles. The first kappa shape index (κ1) is 16.1. The topological polar surface area (TPSA) is 133 Å². The highest BCUT2D eigenvalue weighted by molar-refractivity contribution is 5.95. The molecule has 2 aromatic rings. The van der Waals surface area contributed by atoms with Gasteiger partial charge in [0.25, 0.3) is 5.91 Å². The quantitative estimate of drug-likeness (QED) is 0.607. The van der Waals surface area contributed by atoms with E-state index in [-0.39, 0.29) is 6.54 Å². The van der Waals surface area contributed by atoms with Crippen molar-refractivity contribution in [3.63, 3.8) is 0 Å². The molecule has 0 radical (unpaired) electrons. The minimum absolute atomic E-state index is 0.274. The van der Waals surface area contributed by atoms with E-state index >= 15 is 0 Å². The van der Waals surface area contributed by atoms with Gasteiger partial charge in [0.15, 0.2) is 0 Å². The Kier molecular flexibility index (Phi) is 4.69. The third kappa shape index (κ3) is 3.90. The lowest BCUT2D eigenvalue weighted by Gasteiger charge is -2.06. The molecule has 0 aliphatic heterocycles. The third-order valence-electron chi connectivity index (χ3n) is 3.12. The first-order chi connectivity index (χ1) is 10.9. The monoisotopic (exact) mass is 317 g/mol. The molecule has 0 saturated carbocycles. The van der Waals surface area contributed by atoms with Crippen molar-refractivity contribution >= 4 is 23.2 Å². The molecule has 3 N–H and O–H groups in total. The van der Waals surface area contributed by atoms with Crippen molar-refractivity contribution in [2.75, 3.05) is 5.32 Å². The number of primary amides is 1. The maximum absolute atomic E-state index is 11.9. The number of carbonyl (C=O) groups is 2. The van der Waals surface area contributed by atoms with Gasteiger partial charge in [-0.25, -0.2) is 0 Å². The minimum Gasteiger partial charge on any atom is -0.364 e. The predicted octanol–water partition coefficient (Wildman–Crippen LogP) is 1.09. The summed E-state index contributed by atoms with van der Waals surface area (Å²) in [6.07, 6.45) is 1.89. The number of amides is 2. The zero-order valence-electron chi connectivity index (χ0n) is 12.4. The molecule has 9 heteroatoms. The van der Waals surface area contributed by atoms with Gasteiger partial charge in [-0.05, 0) is 24.1 Å². The van der Waals surface area contributed by atoms with Crippen LogP contribution < -0.4 is 11.1 Å². The van der Waals surface area contributed by atoms with E-state index in [2.05, 4.69) is 10.4 Å². The Morgan fingerprint density at radius 2 is 2.00 bits per heavy atom. The minimum atomic E-state index is -1.02.